The molecule has 1 aliphatic heterocycles. The Hall–Kier alpha value is -0.600. The summed E-state index contributed by atoms with van der Waals surface area (Å²) in [6, 6.07) is 4.56. The molecule has 0 spiro atoms. The summed E-state index contributed by atoms with van der Waals surface area (Å²) in [4.78, 5) is 6.70. The molecule has 3 heteroatoms. The molecule has 2 rings (SSSR count). The molecule has 2 heterocycles. The maximum absolute atomic E-state index is 5.79. The Bertz CT molecular complexity index is 310. The van der Waals surface area contributed by atoms with Crippen LogP contribution in [0, 0.1) is 0 Å². The highest BCUT2D eigenvalue weighted by molar-refractivity contribution is 6.29. The van der Waals surface area contributed by atoms with Crippen LogP contribution in [0.3, 0.4) is 0 Å². The minimum atomic E-state index is 0.565. The van der Waals surface area contributed by atoms with Crippen molar-refractivity contribution in [3.8, 4) is 0 Å². The molecule has 2 nitrogen and oxygen atoms in total. The van der Waals surface area contributed by atoms with Gasteiger partial charge in [0.2, 0.25) is 0 Å². The van der Waals surface area contributed by atoms with E-state index in [1.807, 2.05) is 12.3 Å². The standard InChI is InChI=1S/C12H17ClN2/c1-2-7-15-8-3-4-11(15)10-5-6-12(13)14-9-10/h5-6,9,11H,2-4,7-8H2,1H3. The van der Waals surface area contributed by atoms with Gasteiger partial charge in [-0.3, -0.25) is 4.90 Å². The van der Waals surface area contributed by atoms with Crippen molar-refractivity contribution in [1.29, 1.82) is 0 Å². The number of likely N-dealkylation sites (tertiary alicyclic amines) is 1. The molecule has 1 fully saturated rings. The predicted molar refractivity (Wildman–Crippen MR) is 63.1 cm³/mol. The van der Waals surface area contributed by atoms with Crippen LogP contribution in [0.15, 0.2) is 18.3 Å². The first-order chi connectivity index (χ1) is 7.31. The van der Waals surface area contributed by atoms with Gasteiger partial charge >= 0.3 is 0 Å². The smallest absolute Gasteiger partial charge is 0.129 e. The highest BCUT2D eigenvalue weighted by Crippen LogP contribution is 2.31. The number of halogens is 1. The highest BCUT2D eigenvalue weighted by Gasteiger charge is 2.24. The van der Waals surface area contributed by atoms with E-state index >= 15 is 0 Å². The van der Waals surface area contributed by atoms with Crippen molar-refractivity contribution in [2.24, 2.45) is 0 Å². The minimum absolute atomic E-state index is 0.565. The van der Waals surface area contributed by atoms with Gasteiger partial charge in [0.1, 0.15) is 5.15 Å². The third-order valence-electron chi connectivity index (χ3n) is 3.01. The Balaban J connectivity index is 2.11. The van der Waals surface area contributed by atoms with E-state index in [0.717, 1.165) is 0 Å². The molecule has 1 atom stereocenters. The van der Waals surface area contributed by atoms with E-state index in [1.165, 1.54) is 37.9 Å². The zero-order valence-electron chi connectivity index (χ0n) is 9.12. The van der Waals surface area contributed by atoms with Gasteiger partial charge in [-0.05, 0) is 44.0 Å². The monoisotopic (exact) mass is 224 g/mol. The van der Waals surface area contributed by atoms with Crippen LogP contribution in [0.25, 0.3) is 0 Å². The predicted octanol–water partition coefficient (Wildman–Crippen LogP) is 3.28. The van der Waals surface area contributed by atoms with Crippen LogP contribution in [0.1, 0.15) is 37.8 Å². The van der Waals surface area contributed by atoms with Crippen LogP contribution in [0.5, 0.6) is 0 Å². The van der Waals surface area contributed by atoms with Crippen molar-refractivity contribution < 1.29 is 0 Å². The Morgan fingerprint density at radius 2 is 2.40 bits per heavy atom. The number of hydrogen-bond acceptors (Lipinski definition) is 2. The maximum atomic E-state index is 5.79. The summed E-state index contributed by atoms with van der Waals surface area (Å²) in [6.45, 7) is 4.64. The fourth-order valence-corrected chi connectivity index (χ4v) is 2.45. The van der Waals surface area contributed by atoms with Gasteiger partial charge in [0.15, 0.2) is 0 Å². The van der Waals surface area contributed by atoms with Crippen molar-refractivity contribution in [1.82, 2.24) is 9.88 Å². The van der Waals surface area contributed by atoms with E-state index < -0.39 is 0 Å². The average molecular weight is 225 g/mol. The van der Waals surface area contributed by atoms with Gasteiger partial charge in [-0.25, -0.2) is 4.98 Å². The largest absolute Gasteiger partial charge is 0.296 e. The van der Waals surface area contributed by atoms with E-state index in [4.69, 9.17) is 11.6 Å². The molecule has 1 aliphatic rings. The molecule has 1 aromatic rings. The summed E-state index contributed by atoms with van der Waals surface area (Å²) in [5, 5.41) is 0.582. The van der Waals surface area contributed by atoms with E-state index in [0.29, 0.717) is 11.2 Å². The molecular formula is C12H17ClN2. The fraction of sp³-hybridized carbons (Fsp3) is 0.583. The third-order valence-corrected chi connectivity index (χ3v) is 3.23. The van der Waals surface area contributed by atoms with Crippen molar-refractivity contribution in [3.05, 3.63) is 29.0 Å². The second kappa shape index (κ2) is 4.95. The summed E-state index contributed by atoms with van der Waals surface area (Å²) < 4.78 is 0. The zero-order valence-corrected chi connectivity index (χ0v) is 9.87. The molecule has 1 unspecified atom stereocenters. The normalized spacial score (nSPS) is 22.1. The quantitative estimate of drug-likeness (QED) is 0.733. The third kappa shape index (κ3) is 2.50. The summed E-state index contributed by atoms with van der Waals surface area (Å²) in [5.74, 6) is 0. The van der Waals surface area contributed by atoms with Crippen LogP contribution in [0.4, 0.5) is 0 Å². The lowest BCUT2D eigenvalue weighted by Gasteiger charge is -2.23. The van der Waals surface area contributed by atoms with Crippen molar-refractivity contribution in [3.63, 3.8) is 0 Å². The van der Waals surface area contributed by atoms with Gasteiger partial charge in [-0.15, -0.1) is 0 Å². The Labute approximate surface area is 96.3 Å². The van der Waals surface area contributed by atoms with Crippen LogP contribution >= 0.6 is 11.6 Å². The number of hydrogen-bond donors (Lipinski definition) is 0. The van der Waals surface area contributed by atoms with Crippen LogP contribution in [-0.2, 0) is 0 Å². The molecule has 0 amide bonds. The summed E-state index contributed by atoms with van der Waals surface area (Å²) in [6.07, 6.45) is 5.69. The van der Waals surface area contributed by atoms with E-state index in [9.17, 15) is 0 Å². The molecule has 0 bridgehead atoms. The number of aromatic nitrogens is 1. The molecule has 0 N–H and O–H groups in total. The lowest BCUT2D eigenvalue weighted by atomic mass is 10.1. The molecule has 1 aromatic heterocycles. The van der Waals surface area contributed by atoms with Gasteiger partial charge in [0.25, 0.3) is 0 Å². The molecule has 1 saturated heterocycles. The van der Waals surface area contributed by atoms with Crippen LogP contribution in [-0.4, -0.2) is 23.0 Å². The van der Waals surface area contributed by atoms with E-state index in [2.05, 4.69) is 22.9 Å². The summed E-state index contributed by atoms with van der Waals surface area (Å²) in [7, 11) is 0. The van der Waals surface area contributed by atoms with Gasteiger partial charge in [-0.1, -0.05) is 24.6 Å². The second-order valence-corrected chi connectivity index (χ2v) is 4.50. The maximum Gasteiger partial charge on any atom is 0.129 e. The Kier molecular flexibility index (Phi) is 3.60. The highest BCUT2D eigenvalue weighted by atomic mass is 35.5. The number of pyridine rings is 1. The lowest BCUT2D eigenvalue weighted by molar-refractivity contribution is 0.257. The van der Waals surface area contributed by atoms with E-state index in [-0.39, 0.29) is 0 Å². The lowest BCUT2D eigenvalue weighted by Crippen LogP contribution is -2.23. The van der Waals surface area contributed by atoms with Gasteiger partial charge in [0.05, 0.1) is 0 Å². The van der Waals surface area contributed by atoms with E-state index in [1.54, 1.807) is 0 Å². The Morgan fingerprint density at radius 3 is 3.07 bits per heavy atom. The average Bonchev–Trinajstić information content (AvgIpc) is 2.68. The first kappa shape index (κ1) is 10.9. The van der Waals surface area contributed by atoms with Crippen molar-refractivity contribution in [2.75, 3.05) is 13.1 Å². The zero-order chi connectivity index (χ0) is 10.7. The summed E-state index contributed by atoms with van der Waals surface area (Å²) >= 11 is 5.79. The second-order valence-electron chi connectivity index (χ2n) is 4.11. The van der Waals surface area contributed by atoms with Gasteiger partial charge in [0, 0.05) is 12.2 Å². The Morgan fingerprint density at radius 1 is 1.53 bits per heavy atom. The van der Waals surface area contributed by atoms with Crippen LogP contribution < -0.4 is 0 Å². The molecular weight excluding hydrogens is 208 g/mol. The molecule has 0 aliphatic carbocycles. The fourth-order valence-electron chi connectivity index (χ4n) is 2.34. The molecule has 0 saturated carbocycles. The minimum Gasteiger partial charge on any atom is -0.296 e. The molecule has 15 heavy (non-hydrogen) atoms. The summed E-state index contributed by atoms with van der Waals surface area (Å²) in [5.41, 5.74) is 1.31. The van der Waals surface area contributed by atoms with Crippen molar-refractivity contribution in [2.45, 2.75) is 32.2 Å². The van der Waals surface area contributed by atoms with Gasteiger partial charge in [-0.2, -0.15) is 0 Å². The first-order valence-electron chi connectivity index (χ1n) is 5.66. The topological polar surface area (TPSA) is 16.1 Å². The van der Waals surface area contributed by atoms with Crippen molar-refractivity contribution >= 4 is 11.6 Å². The first-order valence-corrected chi connectivity index (χ1v) is 6.04. The SMILES string of the molecule is CCCN1CCCC1c1ccc(Cl)nc1. The molecule has 0 aromatic carbocycles. The van der Waals surface area contributed by atoms with Crippen LogP contribution in [0.2, 0.25) is 5.15 Å². The molecule has 0 radical (unpaired) electrons. The number of nitrogens with zero attached hydrogens (tertiary/aromatic N) is 2. The number of rotatable bonds is 3. The molecule has 82 valence electrons. The van der Waals surface area contributed by atoms with Gasteiger partial charge < -0.3 is 0 Å².